The van der Waals surface area contributed by atoms with Crippen LogP contribution in [0.3, 0.4) is 0 Å². The van der Waals surface area contributed by atoms with E-state index in [4.69, 9.17) is 9.47 Å². The molecule has 0 bridgehead atoms. The lowest BCUT2D eigenvalue weighted by molar-refractivity contribution is -0.131. The van der Waals surface area contributed by atoms with E-state index in [-0.39, 0.29) is 18.4 Å². The molecule has 0 atom stereocenters. The molecule has 1 aliphatic heterocycles. The Morgan fingerprint density at radius 2 is 2.00 bits per heavy atom. The van der Waals surface area contributed by atoms with E-state index in [0.717, 1.165) is 37.9 Å². The summed E-state index contributed by atoms with van der Waals surface area (Å²) in [5.74, 6) is 0.985. The van der Waals surface area contributed by atoms with Gasteiger partial charge in [0.2, 0.25) is 11.8 Å². The highest BCUT2D eigenvalue weighted by atomic mass is 16.5. The summed E-state index contributed by atoms with van der Waals surface area (Å²) >= 11 is 0. The van der Waals surface area contributed by atoms with Gasteiger partial charge in [0.05, 0.1) is 20.3 Å². The minimum Gasteiger partial charge on any atom is -0.493 e. The van der Waals surface area contributed by atoms with Crippen molar-refractivity contribution in [1.29, 1.82) is 0 Å². The Morgan fingerprint density at radius 3 is 2.68 bits per heavy atom. The molecule has 0 saturated carbocycles. The molecule has 2 rings (SSSR count). The van der Waals surface area contributed by atoms with E-state index >= 15 is 0 Å². The third-order valence-electron chi connectivity index (χ3n) is 3.95. The fourth-order valence-electron chi connectivity index (χ4n) is 2.59. The first-order valence-electron chi connectivity index (χ1n) is 8.68. The zero-order chi connectivity index (χ0) is 18.1. The van der Waals surface area contributed by atoms with Crippen molar-refractivity contribution in [2.24, 2.45) is 0 Å². The van der Waals surface area contributed by atoms with Crippen molar-refractivity contribution in [2.45, 2.75) is 26.2 Å². The second kappa shape index (κ2) is 9.71. The molecule has 1 heterocycles. The van der Waals surface area contributed by atoms with Gasteiger partial charge in [0.15, 0.2) is 11.5 Å². The fourth-order valence-corrected chi connectivity index (χ4v) is 2.59. The zero-order valence-corrected chi connectivity index (χ0v) is 14.9. The fraction of sp³-hybridized carbons (Fsp3) is 0.474. The summed E-state index contributed by atoms with van der Waals surface area (Å²) in [4.78, 5) is 25.5. The van der Waals surface area contributed by atoms with Crippen molar-refractivity contribution in [3.63, 3.8) is 0 Å². The SMILES string of the molecule is CCCOc1ccc(/C=C/C(=O)NCC(=O)N2CCCC2)cc1OC. The normalized spacial score (nSPS) is 13.9. The van der Waals surface area contributed by atoms with Crippen LogP contribution in [0.1, 0.15) is 31.7 Å². The van der Waals surface area contributed by atoms with Gasteiger partial charge in [0.1, 0.15) is 0 Å². The second-order valence-electron chi connectivity index (χ2n) is 5.90. The number of methoxy groups -OCH3 is 1. The summed E-state index contributed by atoms with van der Waals surface area (Å²) in [6.45, 7) is 4.28. The predicted octanol–water partition coefficient (Wildman–Crippen LogP) is 2.24. The van der Waals surface area contributed by atoms with Gasteiger partial charge in [-0.1, -0.05) is 13.0 Å². The third-order valence-corrected chi connectivity index (χ3v) is 3.95. The van der Waals surface area contributed by atoms with Crippen molar-refractivity contribution in [2.75, 3.05) is 33.4 Å². The molecular formula is C19H26N2O4. The van der Waals surface area contributed by atoms with Gasteiger partial charge in [0.25, 0.3) is 0 Å². The molecule has 1 aromatic carbocycles. The van der Waals surface area contributed by atoms with Crippen molar-refractivity contribution < 1.29 is 19.1 Å². The smallest absolute Gasteiger partial charge is 0.244 e. The Kier molecular flexibility index (Phi) is 7.32. The maximum atomic E-state index is 11.9. The number of amides is 2. The average molecular weight is 346 g/mol. The van der Waals surface area contributed by atoms with Crippen LogP contribution in [0.15, 0.2) is 24.3 Å². The van der Waals surface area contributed by atoms with Gasteiger partial charge in [-0.15, -0.1) is 0 Å². The van der Waals surface area contributed by atoms with Crippen LogP contribution in [0.25, 0.3) is 6.08 Å². The van der Waals surface area contributed by atoms with Crippen LogP contribution in [0.5, 0.6) is 11.5 Å². The Morgan fingerprint density at radius 1 is 1.24 bits per heavy atom. The number of nitrogens with one attached hydrogen (secondary N) is 1. The van der Waals surface area contributed by atoms with E-state index < -0.39 is 0 Å². The molecule has 6 nitrogen and oxygen atoms in total. The minimum atomic E-state index is -0.294. The molecule has 1 fully saturated rings. The van der Waals surface area contributed by atoms with Crippen molar-refractivity contribution in [1.82, 2.24) is 10.2 Å². The largest absolute Gasteiger partial charge is 0.493 e. The number of hydrogen-bond donors (Lipinski definition) is 1. The lowest BCUT2D eigenvalue weighted by Crippen LogP contribution is -2.38. The minimum absolute atomic E-state index is 0.0293. The summed E-state index contributed by atoms with van der Waals surface area (Å²) in [7, 11) is 1.58. The monoisotopic (exact) mass is 346 g/mol. The number of carbonyl (C=O) groups excluding carboxylic acids is 2. The lowest BCUT2D eigenvalue weighted by Gasteiger charge is -2.14. The molecule has 1 aromatic rings. The number of carbonyl (C=O) groups is 2. The van der Waals surface area contributed by atoms with E-state index in [0.29, 0.717) is 18.1 Å². The molecule has 1 saturated heterocycles. The Labute approximate surface area is 148 Å². The van der Waals surface area contributed by atoms with Crippen LogP contribution < -0.4 is 14.8 Å². The summed E-state index contributed by atoms with van der Waals surface area (Å²) < 4.78 is 10.9. The average Bonchev–Trinajstić information content (AvgIpc) is 3.17. The Balaban J connectivity index is 1.87. The molecule has 1 aliphatic rings. The van der Waals surface area contributed by atoms with Crippen LogP contribution in [0.2, 0.25) is 0 Å². The van der Waals surface area contributed by atoms with Crippen molar-refractivity contribution >= 4 is 17.9 Å². The van der Waals surface area contributed by atoms with Gasteiger partial charge in [-0.2, -0.15) is 0 Å². The van der Waals surface area contributed by atoms with Crippen LogP contribution in [0, 0.1) is 0 Å². The number of hydrogen-bond acceptors (Lipinski definition) is 4. The predicted molar refractivity (Wildman–Crippen MR) is 96.6 cm³/mol. The van der Waals surface area contributed by atoms with E-state index in [1.807, 2.05) is 25.1 Å². The molecule has 2 amide bonds. The molecule has 6 heteroatoms. The van der Waals surface area contributed by atoms with E-state index in [9.17, 15) is 9.59 Å². The first kappa shape index (κ1) is 18.8. The third kappa shape index (κ3) is 5.81. The summed E-state index contributed by atoms with van der Waals surface area (Å²) in [5, 5.41) is 2.62. The van der Waals surface area contributed by atoms with Gasteiger partial charge in [0, 0.05) is 19.2 Å². The number of likely N-dealkylation sites (tertiary alicyclic amines) is 1. The zero-order valence-electron chi connectivity index (χ0n) is 14.9. The molecule has 25 heavy (non-hydrogen) atoms. The summed E-state index contributed by atoms with van der Waals surface area (Å²) in [5.41, 5.74) is 0.821. The van der Waals surface area contributed by atoms with Crippen LogP contribution >= 0.6 is 0 Å². The van der Waals surface area contributed by atoms with Crippen LogP contribution in [-0.2, 0) is 9.59 Å². The standard InChI is InChI=1S/C19H26N2O4/c1-3-12-25-16-8-6-15(13-17(16)24-2)7-9-18(22)20-14-19(23)21-10-4-5-11-21/h6-9,13H,3-5,10-12,14H2,1-2H3,(H,20,22)/b9-7+. The number of rotatable bonds is 8. The summed E-state index contributed by atoms with van der Waals surface area (Å²) in [6, 6.07) is 5.49. The topological polar surface area (TPSA) is 67.9 Å². The van der Waals surface area contributed by atoms with E-state index in [1.54, 1.807) is 18.1 Å². The summed E-state index contributed by atoms with van der Waals surface area (Å²) in [6.07, 6.45) is 6.10. The van der Waals surface area contributed by atoms with Gasteiger partial charge < -0.3 is 19.7 Å². The number of benzene rings is 1. The lowest BCUT2D eigenvalue weighted by atomic mass is 10.2. The number of ether oxygens (including phenoxy) is 2. The van der Waals surface area contributed by atoms with Gasteiger partial charge >= 0.3 is 0 Å². The molecule has 1 N–H and O–H groups in total. The molecule has 0 spiro atoms. The molecule has 0 radical (unpaired) electrons. The molecule has 0 aliphatic carbocycles. The maximum Gasteiger partial charge on any atom is 0.244 e. The highest BCUT2D eigenvalue weighted by Crippen LogP contribution is 2.28. The number of nitrogens with zero attached hydrogens (tertiary/aromatic N) is 1. The van der Waals surface area contributed by atoms with Crippen LogP contribution in [0.4, 0.5) is 0 Å². The van der Waals surface area contributed by atoms with Gasteiger partial charge in [-0.25, -0.2) is 0 Å². The van der Waals surface area contributed by atoms with Crippen molar-refractivity contribution in [3.8, 4) is 11.5 Å². The van der Waals surface area contributed by atoms with Gasteiger partial charge in [-0.3, -0.25) is 9.59 Å². The first-order valence-corrected chi connectivity index (χ1v) is 8.68. The van der Waals surface area contributed by atoms with E-state index in [1.165, 1.54) is 6.08 Å². The molecular weight excluding hydrogens is 320 g/mol. The Hall–Kier alpha value is -2.50. The van der Waals surface area contributed by atoms with Crippen LogP contribution in [-0.4, -0.2) is 50.1 Å². The first-order chi connectivity index (χ1) is 12.1. The highest BCUT2D eigenvalue weighted by Gasteiger charge is 2.17. The quantitative estimate of drug-likeness (QED) is 0.733. The maximum absolute atomic E-state index is 11.9. The molecule has 0 unspecified atom stereocenters. The van der Waals surface area contributed by atoms with Crippen molar-refractivity contribution in [3.05, 3.63) is 29.8 Å². The Bertz CT molecular complexity index is 622. The molecule has 136 valence electrons. The second-order valence-corrected chi connectivity index (χ2v) is 5.90. The van der Waals surface area contributed by atoms with Gasteiger partial charge in [-0.05, 0) is 43.0 Å². The molecule has 0 aromatic heterocycles. The van der Waals surface area contributed by atoms with E-state index in [2.05, 4.69) is 5.32 Å². The highest BCUT2D eigenvalue weighted by molar-refractivity contribution is 5.94.